The van der Waals surface area contributed by atoms with Crippen LogP contribution in [0.2, 0.25) is 0 Å². The molecule has 1 fully saturated rings. The monoisotopic (exact) mass is 203 g/mol. The normalized spacial score (nSPS) is 22.1. The fourth-order valence-electron chi connectivity index (χ4n) is 2.01. The molecule has 1 rings (SSSR count). The third-order valence-electron chi connectivity index (χ3n) is 2.98. The molecular weight excluding hydrogens is 185 g/mol. The van der Waals surface area contributed by atoms with Crippen LogP contribution in [0.4, 0.5) is 4.39 Å². The minimum Gasteiger partial charge on any atom is -0.480 e. The Kier molecular flexibility index (Phi) is 4.32. The lowest BCUT2D eigenvalue weighted by molar-refractivity contribution is -0.144. The molecule has 0 amide bonds. The SMILES string of the molecule is CC[C@H](C(=O)O)N1CCC(CF)CC1. The predicted molar refractivity (Wildman–Crippen MR) is 52.0 cm³/mol. The highest BCUT2D eigenvalue weighted by molar-refractivity contribution is 5.73. The van der Waals surface area contributed by atoms with E-state index < -0.39 is 5.97 Å². The van der Waals surface area contributed by atoms with Crippen LogP contribution in [-0.4, -0.2) is 41.8 Å². The van der Waals surface area contributed by atoms with E-state index in [2.05, 4.69) is 0 Å². The van der Waals surface area contributed by atoms with E-state index in [4.69, 9.17) is 5.11 Å². The first-order valence-electron chi connectivity index (χ1n) is 5.21. The average molecular weight is 203 g/mol. The van der Waals surface area contributed by atoms with E-state index in [1.165, 1.54) is 0 Å². The zero-order chi connectivity index (χ0) is 10.6. The van der Waals surface area contributed by atoms with Crippen molar-refractivity contribution >= 4 is 5.97 Å². The number of likely N-dealkylation sites (tertiary alicyclic amines) is 1. The zero-order valence-corrected chi connectivity index (χ0v) is 8.58. The molecule has 1 heterocycles. The van der Waals surface area contributed by atoms with Gasteiger partial charge >= 0.3 is 5.97 Å². The highest BCUT2D eigenvalue weighted by Crippen LogP contribution is 2.20. The van der Waals surface area contributed by atoms with Crippen LogP contribution in [0.5, 0.6) is 0 Å². The molecule has 0 aliphatic carbocycles. The summed E-state index contributed by atoms with van der Waals surface area (Å²) >= 11 is 0. The van der Waals surface area contributed by atoms with Gasteiger partial charge in [-0.2, -0.15) is 0 Å². The Morgan fingerprint density at radius 3 is 2.50 bits per heavy atom. The second kappa shape index (κ2) is 5.29. The molecule has 1 aliphatic heterocycles. The molecule has 1 aliphatic rings. The summed E-state index contributed by atoms with van der Waals surface area (Å²) in [5.41, 5.74) is 0. The number of halogens is 1. The summed E-state index contributed by atoms with van der Waals surface area (Å²) < 4.78 is 12.3. The highest BCUT2D eigenvalue weighted by atomic mass is 19.1. The predicted octanol–water partition coefficient (Wildman–Crippen LogP) is 1.53. The molecule has 82 valence electrons. The molecule has 0 radical (unpaired) electrons. The van der Waals surface area contributed by atoms with E-state index in [1.807, 2.05) is 11.8 Å². The zero-order valence-electron chi connectivity index (χ0n) is 8.58. The molecule has 0 bridgehead atoms. The Hall–Kier alpha value is -0.640. The van der Waals surface area contributed by atoms with E-state index in [9.17, 15) is 9.18 Å². The molecule has 0 aromatic heterocycles. The smallest absolute Gasteiger partial charge is 0.320 e. The molecule has 0 unspecified atom stereocenters. The van der Waals surface area contributed by atoms with Gasteiger partial charge in [0.25, 0.3) is 0 Å². The highest BCUT2D eigenvalue weighted by Gasteiger charge is 2.27. The van der Waals surface area contributed by atoms with Crippen molar-refractivity contribution in [2.24, 2.45) is 5.92 Å². The van der Waals surface area contributed by atoms with E-state index in [-0.39, 0.29) is 18.6 Å². The molecule has 1 saturated heterocycles. The van der Waals surface area contributed by atoms with Crippen molar-refractivity contribution in [2.75, 3.05) is 19.8 Å². The Morgan fingerprint density at radius 1 is 1.57 bits per heavy atom. The van der Waals surface area contributed by atoms with E-state index in [0.717, 1.165) is 25.9 Å². The third kappa shape index (κ3) is 2.67. The van der Waals surface area contributed by atoms with Gasteiger partial charge in [0.1, 0.15) is 6.04 Å². The van der Waals surface area contributed by atoms with Crippen LogP contribution in [0.3, 0.4) is 0 Å². The average Bonchev–Trinajstić information content (AvgIpc) is 2.19. The molecular formula is C10H18FNO2. The molecule has 4 heteroatoms. The first-order valence-corrected chi connectivity index (χ1v) is 5.21. The van der Waals surface area contributed by atoms with Crippen molar-refractivity contribution in [2.45, 2.75) is 32.2 Å². The second-order valence-corrected chi connectivity index (χ2v) is 3.90. The number of hydrogen-bond acceptors (Lipinski definition) is 2. The number of carbonyl (C=O) groups is 1. The van der Waals surface area contributed by atoms with Gasteiger partial charge in [-0.3, -0.25) is 14.1 Å². The number of carboxylic acids is 1. The van der Waals surface area contributed by atoms with Gasteiger partial charge in [0.2, 0.25) is 0 Å². The number of nitrogens with zero attached hydrogens (tertiary/aromatic N) is 1. The Bertz CT molecular complexity index is 191. The topological polar surface area (TPSA) is 40.5 Å². The molecule has 3 nitrogen and oxygen atoms in total. The minimum atomic E-state index is -0.758. The van der Waals surface area contributed by atoms with Crippen LogP contribution in [-0.2, 0) is 4.79 Å². The van der Waals surface area contributed by atoms with E-state index >= 15 is 0 Å². The summed E-state index contributed by atoms with van der Waals surface area (Å²) in [6, 6.07) is -0.379. The number of piperidine rings is 1. The van der Waals surface area contributed by atoms with Crippen LogP contribution in [0.1, 0.15) is 26.2 Å². The molecule has 0 saturated carbocycles. The van der Waals surface area contributed by atoms with E-state index in [0.29, 0.717) is 6.42 Å². The number of rotatable bonds is 4. The van der Waals surface area contributed by atoms with Crippen LogP contribution in [0.15, 0.2) is 0 Å². The minimum absolute atomic E-state index is 0.151. The number of hydrogen-bond donors (Lipinski definition) is 1. The fourth-order valence-corrected chi connectivity index (χ4v) is 2.01. The largest absolute Gasteiger partial charge is 0.480 e. The van der Waals surface area contributed by atoms with Gasteiger partial charge < -0.3 is 5.11 Å². The first-order chi connectivity index (χ1) is 6.69. The lowest BCUT2D eigenvalue weighted by Gasteiger charge is -2.34. The third-order valence-corrected chi connectivity index (χ3v) is 2.98. The van der Waals surface area contributed by atoms with Crippen molar-refractivity contribution < 1.29 is 14.3 Å². The summed E-state index contributed by atoms with van der Waals surface area (Å²) in [6.07, 6.45) is 2.20. The van der Waals surface area contributed by atoms with Gasteiger partial charge in [-0.05, 0) is 38.3 Å². The lowest BCUT2D eigenvalue weighted by Crippen LogP contribution is -2.45. The molecule has 14 heavy (non-hydrogen) atoms. The van der Waals surface area contributed by atoms with E-state index in [1.54, 1.807) is 0 Å². The second-order valence-electron chi connectivity index (χ2n) is 3.90. The quantitative estimate of drug-likeness (QED) is 0.753. The lowest BCUT2D eigenvalue weighted by atomic mass is 9.96. The van der Waals surface area contributed by atoms with Crippen LogP contribution in [0, 0.1) is 5.92 Å². The van der Waals surface area contributed by atoms with Gasteiger partial charge in [-0.1, -0.05) is 6.92 Å². The fraction of sp³-hybridized carbons (Fsp3) is 0.900. The van der Waals surface area contributed by atoms with Crippen molar-refractivity contribution in [1.82, 2.24) is 4.90 Å². The maximum absolute atomic E-state index is 12.3. The Balaban J connectivity index is 2.43. The van der Waals surface area contributed by atoms with Crippen molar-refractivity contribution in [3.63, 3.8) is 0 Å². The number of aliphatic carboxylic acids is 1. The molecule has 0 aromatic rings. The summed E-state index contributed by atoms with van der Waals surface area (Å²) in [5, 5.41) is 8.93. The van der Waals surface area contributed by atoms with Crippen LogP contribution in [0.25, 0.3) is 0 Å². The first kappa shape index (κ1) is 11.4. The summed E-state index contributed by atoms with van der Waals surface area (Å²) in [7, 11) is 0. The van der Waals surface area contributed by atoms with Crippen LogP contribution < -0.4 is 0 Å². The molecule has 1 N–H and O–H groups in total. The molecule has 0 spiro atoms. The van der Waals surface area contributed by atoms with Gasteiger partial charge in [0.05, 0.1) is 6.67 Å². The molecule has 1 atom stereocenters. The van der Waals surface area contributed by atoms with Gasteiger partial charge in [-0.15, -0.1) is 0 Å². The maximum atomic E-state index is 12.3. The van der Waals surface area contributed by atoms with Gasteiger partial charge in [0, 0.05) is 0 Å². The summed E-state index contributed by atoms with van der Waals surface area (Å²) in [6.45, 7) is 3.05. The number of alkyl halides is 1. The Morgan fingerprint density at radius 2 is 2.14 bits per heavy atom. The number of carboxylic acid groups (broad SMARTS) is 1. The maximum Gasteiger partial charge on any atom is 0.320 e. The summed E-state index contributed by atoms with van der Waals surface area (Å²) in [4.78, 5) is 12.8. The van der Waals surface area contributed by atoms with Crippen molar-refractivity contribution in [3.05, 3.63) is 0 Å². The van der Waals surface area contributed by atoms with Gasteiger partial charge in [-0.25, -0.2) is 0 Å². The Labute approximate surface area is 83.9 Å². The molecule has 0 aromatic carbocycles. The standard InChI is InChI=1S/C10H18FNO2/c1-2-9(10(13)14)12-5-3-8(7-11)4-6-12/h8-9H,2-7H2,1H3,(H,13,14)/t9-/m1/s1. The summed E-state index contributed by atoms with van der Waals surface area (Å²) in [5.74, 6) is -0.608. The van der Waals surface area contributed by atoms with Crippen LogP contribution >= 0.6 is 0 Å². The van der Waals surface area contributed by atoms with Crippen molar-refractivity contribution in [1.29, 1.82) is 0 Å². The van der Waals surface area contributed by atoms with Crippen molar-refractivity contribution in [3.8, 4) is 0 Å². The van der Waals surface area contributed by atoms with Gasteiger partial charge in [0.15, 0.2) is 0 Å².